The number of carbonyl (C=O) groups excluding carboxylic acids is 2. The molecule has 2 fully saturated rings. The average Bonchev–Trinajstić information content (AvgIpc) is 3.24. The monoisotopic (exact) mass is 371 g/mol. The summed E-state index contributed by atoms with van der Waals surface area (Å²) in [5.41, 5.74) is 12.4. The molecule has 1 aliphatic heterocycles. The molecule has 7 heteroatoms. The summed E-state index contributed by atoms with van der Waals surface area (Å²) >= 11 is 0. The normalized spacial score (nSPS) is 24.4. The molecule has 27 heavy (non-hydrogen) atoms. The summed E-state index contributed by atoms with van der Waals surface area (Å²) in [7, 11) is 0. The van der Waals surface area contributed by atoms with Gasteiger partial charge in [0.1, 0.15) is 11.4 Å². The van der Waals surface area contributed by atoms with E-state index in [1.54, 1.807) is 17.0 Å². The van der Waals surface area contributed by atoms with Gasteiger partial charge in [0.25, 0.3) is 0 Å². The molecular weight excluding hydrogens is 342 g/mol. The van der Waals surface area contributed by atoms with E-state index in [4.69, 9.17) is 16.9 Å². The molecule has 1 aromatic carbocycles. The molecule has 1 saturated heterocycles. The van der Waals surface area contributed by atoms with Gasteiger partial charge >= 0.3 is 0 Å². The van der Waals surface area contributed by atoms with Gasteiger partial charge in [0.05, 0.1) is 6.04 Å². The third kappa shape index (κ3) is 3.69. The third-order valence-corrected chi connectivity index (χ3v) is 5.68. The Hall–Kier alpha value is -2.41. The van der Waals surface area contributed by atoms with Crippen LogP contribution in [0.2, 0.25) is 0 Å². The zero-order chi connectivity index (χ0) is 19.8. The van der Waals surface area contributed by atoms with Crippen LogP contribution in [0, 0.1) is 17.2 Å². The maximum Gasteiger partial charge on any atom is 0.246 e. The Kier molecular flexibility index (Phi) is 5.24. The first kappa shape index (κ1) is 19.4. The van der Waals surface area contributed by atoms with Crippen molar-refractivity contribution in [2.45, 2.75) is 51.2 Å². The van der Waals surface area contributed by atoms with E-state index < -0.39 is 11.6 Å². The van der Waals surface area contributed by atoms with Gasteiger partial charge in [0.2, 0.25) is 11.8 Å². The molecule has 3 rings (SSSR count). The summed E-state index contributed by atoms with van der Waals surface area (Å²) in [6.45, 7) is 5.06. The predicted molar refractivity (Wildman–Crippen MR) is 104 cm³/mol. The summed E-state index contributed by atoms with van der Waals surface area (Å²) in [5, 5.41) is 10.4. The van der Waals surface area contributed by atoms with E-state index in [1.165, 1.54) is 0 Å². The SMILES string of the molecule is CC(C)C[C@@H](N)C(=O)N1CC[C@@H]2C[C@@]21C(=O)NCc1ccc(C(=N)N)cc1. The molecule has 2 amide bonds. The number of nitrogens with zero attached hydrogens (tertiary/aromatic N) is 1. The summed E-state index contributed by atoms with van der Waals surface area (Å²) in [4.78, 5) is 27.4. The molecule has 1 heterocycles. The van der Waals surface area contributed by atoms with Crippen molar-refractivity contribution in [3.8, 4) is 0 Å². The molecule has 1 aliphatic carbocycles. The maximum atomic E-state index is 12.9. The number of nitrogen functional groups attached to an aromatic ring is 1. The van der Waals surface area contributed by atoms with Gasteiger partial charge in [-0.1, -0.05) is 38.1 Å². The number of nitrogens with two attached hydrogens (primary N) is 2. The minimum Gasteiger partial charge on any atom is -0.384 e. The van der Waals surface area contributed by atoms with Gasteiger partial charge < -0.3 is 21.7 Å². The highest BCUT2D eigenvalue weighted by molar-refractivity contribution is 5.97. The van der Waals surface area contributed by atoms with Crippen molar-refractivity contribution in [3.05, 3.63) is 35.4 Å². The minimum atomic E-state index is -0.703. The van der Waals surface area contributed by atoms with Gasteiger partial charge in [-0.25, -0.2) is 0 Å². The Morgan fingerprint density at radius 1 is 1.33 bits per heavy atom. The van der Waals surface area contributed by atoms with Crippen LogP contribution in [0.5, 0.6) is 0 Å². The minimum absolute atomic E-state index is 0.0168. The lowest BCUT2D eigenvalue weighted by Gasteiger charge is -2.30. The van der Waals surface area contributed by atoms with Crippen LogP contribution in [0.25, 0.3) is 0 Å². The smallest absolute Gasteiger partial charge is 0.246 e. The van der Waals surface area contributed by atoms with Crippen molar-refractivity contribution in [2.24, 2.45) is 23.3 Å². The topological polar surface area (TPSA) is 125 Å². The molecule has 7 nitrogen and oxygen atoms in total. The number of amides is 2. The second-order valence-corrected chi connectivity index (χ2v) is 8.13. The molecule has 2 aliphatic rings. The lowest BCUT2D eigenvalue weighted by atomic mass is 10.0. The van der Waals surface area contributed by atoms with Crippen molar-refractivity contribution in [2.75, 3.05) is 6.54 Å². The maximum absolute atomic E-state index is 12.9. The van der Waals surface area contributed by atoms with Crippen molar-refractivity contribution in [1.29, 1.82) is 5.41 Å². The first-order valence-corrected chi connectivity index (χ1v) is 9.54. The number of hydrogen-bond donors (Lipinski definition) is 4. The highest BCUT2D eigenvalue weighted by atomic mass is 16.2. The zero-order valence-corrected chi connectivity index (χ0v) is 16.0. The molecule has 0 aromatic heterocycles. The van der Waals surface area contributed by atoms with Crippen LogP contribution in [-0.2, 0) is 16.1 Å². The van der Waals surface area contributed by atoms with Gasteiger partial charge in [-0.05, 0) is 36.7 Å². The highest BCUT2D eigenvalue weighted by Gasteiger charge is 2.68. The molecule has 6 N–H and O–H groups in total. The lowest BCUT2D eigenvalue weighted by molar-refractivity contribution is -0.142. The number of nitrogens with one attached hydrogen (secondary N) is 2. The molecule has 0 unspecified atom stereocenters. The Labute approximate surface area is 160 Å². The van der Waals surface area contributed by atoms with Crippen LogP contribution >= 0.6 is 0 Å². The molecular formula is C20H29N5O2. The predicted octanol–water partition coefficient (Wildman–Crippen LogP) is 0.951. The average molecular weight is 371 g/mol. The lowest BCUT2D eigenvalue weighted by Crippen LogP contribution is -2.54. The number of benzene rings is 1. The number of likely N-dealkylation sites (tertiary alicyclic amines) is 1. The van der Waals surface area contributed by atoms with Crippen molar-refractivity contribution in [3.63, 3.8) is 0 Å². The van der Waals surface area contributed by atoms with Crippen molar-refractivity contribution < 1.29 is 9.59 Å². The van der Waals surface area contributed by atoms with E-state index in [2.05, 4.69) is 5.32 Å². The van der Waals surface area contributed by atoms with E-state index in [0.717, 1.165) is 18.4 Å². The van der Waals surface area contributed by atoms with E-state index in [1.807, 2.05) is 26.0 Å². The Bertz CT molecular complexity index is 745. The number of hydrogen-bond acceptors (Lipinski definition) is 4. The summed E-state index contributed by atoms with van der Waals surface area (Å²) in [5.74, 6) is 0.399. The first-order valence-electron chi connectivity index (χ1n) is 9.54. The van der Waals surface area contributed by atoms with Gasteiger partial charge in [-0.3, -0.25) is 15.0 Å². The number of carbonyl (C=O) groups is 2. The largest absolute Gasteiger partial charge is 0.384 e. The number of fused-ring (bicyclic) bond motifs is 1. The molecule has 0 bridgehead atoms. The second-order valence-electron chi connectivity index (χ2n) is 8.13. The molecule has 0 spiro atoms. The molecule has 1 aromatic rings. The van der Waals surface area contributed by atoms with E-state index in [0.29, 0.717) is 31.0 Å². The van der Waals surface area contributed by atoms with Crippen LogP contribution in [0.4, 0.5) is 0 Å². The van der Waals surface area contributed by atoms with Gasteiger partial charge in [-0.15, -0.1) is 0 Å². The Morgan fingerprint density at radius 2 is 2.00 bits per heavy atom. The van der Waals surface area contributed by atoms with Gasteiger partial charge in [0, 0.05) is 18.7 Å². The first-order chi connectivity index (χ1) is 12.8. The van der Waals surface area contributed by atoms with E-state index >= 15 is 0 Å². The Morgan fingerprint density at radius 3 is 2.56 bits per heavy atom. The van der Waals surface area contributed by atoms with E-state index in [9.17, 15) is 9.59 Å². The fraction of sp³-hybridized carbons (Fsp3) is 0.550. The van der Waals surface area contributed by atoms with Crippen LogP contribution in [0.1, 0.15) is 44.2 Å². The number of amidine groups is 1. The fourth-order valence-corrected chi connectivity index (χ4v) is 4.13. The molecule has 0 radical (unpaired) electrons. The second kappa shape index (κ2) is 7.31. The van der Waals surface area contributed by atoms with Crippen LogP contribution in [-0.4, -0.2) is 40.7 Å². The van der Waals surface area contributed by atoms with Gasteiger partial charge in [-0.2, -0.15) is 0 Å². The fourth-order valence-electron chi connectivity index (χ4n) is 4.13. The third-order valence-electron chi connectivity index (χ3n) is 5.68. The van der Waals surface area contributed by atoms with Crippen molar-refractivity contribution >= 4 is 17.6 Å². The van der Waals surface area contributed by atoms with E-state index in [-0.39, 0.29) is 23.6 Å². The summed E-state index contributed by atoms with van der Waals surface area (Å²) < 4.78 is 0. The highest BCUT2D eigenvalue weighted by Crippen LogP contribution is 2.56. The Balaban J connectivity index is 1.63. The zero-order valence-electron chi connectivity index (χ0n) is 16.0. The molecule has 146 valence electrons. The van der Waals surface area contributed by atoms with Crippen LogP contribution < -0.4 is 16.8 Å². The van der Waals surface area contributed by atoms with Crippen molar-refractivity contribution in [1.82, 2.24) is 10.2 Å². The molecule has 3 atom stereocenters. The van der Waals surface area contributed by atoms with Crippen LogP contribution in [0.15, 0.2) is 24.3 Å². The van der Waals surface area contributed by atoms with Crippen LogP contribution in [0.3, 0.4) is 0 Å². The van der Waals surface area contributed by atoms with Gasteiger partial charge in [0.15, 0.2) is 0 Å². The number of piperidine rings is 1. The summed E-state index contributed by atoms with van der Waals surface area (Å²) in [6, 6.07) is 6.66. The molecule has 1 saturated carbocycles. The standard InChI is InChI=1S/C20H29N5O2/c1-12(2)9-16(21)18(26)25-8-7-15-10-20(15,25)19(27)24-11-13-3-5-14(6-4-13)17(22)23/h3-6,12,15-16H,7-11,21H2,1-2H3,(H3,22,23)(H,24,27)/t15-,16-,20+/m1/s1. The summed E-state index contributed by atoms with van der Waals surface area (Å²) in [6.07, 6.45) is 2.21. The quantitative estimate of drug-likeness (QED) is 0.420. The number of rotatable bonds is 7.